The minimum Gasteiger partial charge on any atom is -0.490 e. The van der Waals surface area contributed by atoms with Gasteiger partial charge in [0.2, 0.25) is 0 Å². The summed E-state index contributed by atoms with van der Waals surface area (Å²) >= 11 is 0. The third-order valence-electron chi connectivity index (χ3n) is 7.75. The molecule has 1 heterocycles. The van der Waals surface area contributed by atoms with Crippen molar-refractivity contribution in [2.45, 2.75) is 58.3 Å². The van der Waals surface area contributed by atoms with E-state index in [0.29, 0.717) is 42.4 Å². The number of urea groups is 1. The summed E-state index contributed by atoms with van der Waals surface area (Å²) in [6, 6.07) is 17.9. The van der Waals surface area contributed by atoms with Crippen molar-refractivity contribution in [2.75, 3.05) is 44.0 Å². The molecule has 0 saturated carbocycles. The topological polar surface area (TPSA) is 112 Å². The molecule has 0 aromatic heterocycles. The minimum absolute atomic E-state index is 0.00872. The molecule has 0 aliphatic carbocycles. The number of hydrogen-bond acceptors (Lipinski definition) is 6. The molecule has 0 saturated heterocycles. The van der Waals surface area contributed by atoms with Crippen LogP contribution in [0.4, 0.5) is 16.2 Å². The van der Waals surface area contributed by atoms with Gasteiger partial charge in [0.15, 0.2) is 0 Å². The predicted octanol–water partition coefficient (Wildman–Crippen LogP) is 5.50. The summed E-state index contributed by atoms with van der Waals surface area (Å²) in [5.41, 5.74) is 1.48. The molecule has 0 spiro atoms. The first-order chi connectivity index (χ1) is 20.3. The summed E-state index contributed by atoms with van der Waals surface area (Å²) in [7, 11) is 1.89. The van der Waals surface area contributed by atoms with Gasteiger partial charge in [-0.05, 0) is 69.8 Å². The first-order valence-corrected chi connectivity index (χ1v) is 14.8. The maximum Gasteiger partial charge on any atom is 0.323 e. The lowest BCUT2D eigenvalue weighted by molar-refractivity contribution is -0.000451. The highest BCUT2D eigenvalue weighted by molar-refractivity contribution is 6.07. The number of nitrogens with zero attached hydrogens (tertiary/aromatic N) is 1. The maximum absolute atomic E-state index is 14.1. The molecular weight excluding hydrogens is 532 g/mol. The number of rotatable bonds is 6. The quantitative estimate of drug-likeness (QED) is 0.308. The summed E-state index contributed by atoms with van der Waals surface area (Å²) < 4.78 is 12.5. The van der Waals surface area contributed by atoms with Crippen molar-refractivity contribution in [3.63, 3.8) is 0 Å². The van der Waals surface area contributed by atoms with Gasteiger partial charge >= 0.3 is 6.03 Å². The van der Waals surface area contributed by atoms with E-state index in [-0.39, 0.29) is 30.6 Å². The summed E-state index contributed by atoms with van der Waals surface area (Å²) in [6.07, 6.45) is 2.46. The molecule has 0 bridgehead atoms. The molecule has 4 rings (SSSR count). The van der Waals surface area contributed by atoms with Gasteiger partial charge in [-0.2, -0.15) is 0 Å². The smallest absolute Gasteiger partial charge is 0.323 e. The molecular formula is C33H44N4O5. The normalized spacial score (nSPS) is 21.1. The molecule has 4 atom stereocenters. The zero-order valence-electron chi connectivity index (χ0n) is 25.1. The van der Waals surface area contributed by atoms with Crippen molar-refractivity contribution in [1.29, 1.82) is 0 Å². The highest BCUT2D eigenvalue weighted by atomic mass is 16.5. The largest absolute Gasteiger partial charge is 0.490 e. The fourth-order valence-electron chi connectivity index (χ4n) is 5.31. The van der Waals surface area contributed by atoms with E-state index >= 15 is 0 Å². The van der Waals surface area contributed by atoms with Gasteiger partial charge in [-0.3, -0.25) is 4.79 Å². The van der Waals surface area contributed by atoms with Crippen molar-refractivity contribution in [1.82, 2.24) is 10.2 Å². The average Bonchev–Trinajstić information content (AvgIpc) is 2.98. The number of ether oxygens (including phenoxy) is 2. The summed E-state index contributed by atoms with van der Waals surface area (Å²) in [5.74, 6) is 0.189. The molecule has 42 heavy (non-hydrogen) atoms. The van der Waals surface area contributed by atoms with Crippen LogP contribution in [0.1, 0.15) is 50.4 Å². The zero-order chi connectivity index (χ0) is 30.1. The van der Waals surface area contributed by atoms with Crippen molar-refractivity contribution in [3.8, 4) is 5.75 Å². The lowest BCUT2D eigenvalue weighted by Crippen LogP contribution is -2.47. The Bertz CT molecular complexity index is 1340. The maximum atomic E-state index is 14.1. The lowest BCUT2D eigenvalue weighted by Gasteiger charge is -2.34. The average molecular weight is 577 g/mol. The molecule has 226 valence electrons. The number of carbonyl (C=O) groups excluding carboxylic acids is 2. The molecule has 1 aliphatic heterocycles. The van der Waals surface area contributed by atoms with Crippen LogP contribution >= 0.6 is 0 Å². The molecule has 9 nitrogen and oxygen atoms in total. The Kier molecular flexibility index (Phi) is 11.2. The lowest BCUT2D eigenvalue weighted by atomic mass is 10.0. The monoisotopic (exact) mass is 576 g/mol. The Morgan fingerprint density at radius 1 is 1.07 bits per heavy atom. The predicted molar refractivity (Wildman–Crippen MR) is 167 cm³/mol. The third kappa shape index (κ3) is 8.00. The fraction of sp³-hybridized carbons (Fsp3) is 0.455. The van der Waals surface area contributed by atoms with Crippen molar-refractivity contribution in [3.05, 3.63) is 66.2 Å². The highest BCUT2D eigenvalue weighted by Gasteiger charge is 2.29. The number of aliphatic hydroxyl groups excluding tert-OH is 1. The van der Waals surface area contributed by atoms with Gasteiger partial charge in [-0.25, -0.2) is 4.79 Å². The number of likely N-dealkylation sites (N-methyl/N-ethyl adjacent to an activating group) is 1. The molecule has 0 fully saturated rings. The first kappa shape index (κ1) is 31.3. The van der Waals surface area contributed by atoms with Gasteiger partial charge in [0, 0.05) is 36.7 Å². The number of aliphatic hydroxyl groups is 1. The van der Waals surface area contributed by atoms with Crippen LogP contribution in [0, 0.1) is 5.92 Å². The summed E-state index contributed by atoms with van der Waals surface area (Å²) in [4.78, 5) is 28.9. The van der Waals surface area contributed by atoms with Crippen LogP contribution in [0.3, 0.4) is 0 Å². The Balaban J connectivity index is 1.63. The Morgan fingerprint density at radius 3 is 2.64 bits per heavy atom. The fourth-order valence-corrected chi connectivity index (χ4v) is 5.31. The van der Waals surface area contributed by atoms with E-state index < -0.39 is 12.1 Å². The number of carbonyl (C=O) groups is 2. The van der Waals surface area contributed by atoms with E-state index in [1.165, 1.54) is 0 Å². The number of anilines is 2. The van der Waals surface area contributed by atoms with Crippen LogP contribution in [-0.4, -0.2) is 73.5 Å². The molecule has 4 N–H and O–H groups in total. The van der Waals surface area contributed by atoms with E-state index in [1.807, 2.05) is 63.4 Å². The van der Waals surface area contributed by atoms with Gasteiger partial charge < -0.3 is 35.4 Å². The van der Waals surface area contributed by atoms with Crippen LogP contribution in [-0.2, 0) is 4.74 Å². The molecule has 3 aromatic carbocycles. The van der Waals surface area contributed by atoms with E-state index in [1.54, 1.807) is 23.1 Å². The van der Waals surface area contributed by atoms with E-state index in [2.05, 4.69) is 22.9 Å². The number of fused-ring (bicyclic) bond motifs is 2. The molecule has 3 amide bonds. The van der Waals surface area contributed by atoms with E-state index in [0.717, 1.165) is 30.0 Å². The zero-order valence-corrected chi connectivity index (χ0v) is 25.1. The Hall–Kier alpha value is -3.66. The number of hydrogen-bond donors (Lipinski definition) is 4. The van der Waals surface area contributed by atoms with Gasteiger partial charge in [-0.15, -0.1) is 0 Å². The van der Waals surface area contributed by atoms with Crippen LogP contribution in [0.15, 0.2) is 60.7 Å². The van der Waals surface area contributed by atoms with Crippen LogP contribution < -0.4 is 20.7 Å². The Labute approximate surface area is 248 Å². The SMILES string of the molecule is CNC[C@H]1OCCCC[C@H](C)Oc2ccc(NC(=O)Nc3cccc4ccccc34)cc2C(=O)N([C@@H](C)CO)C[C@@H]1C. The molecule has 1 aliphatic rings. The minimum atomic E-state index is -0.431. The molecule has 9 heteroatoms. The van der Waals surface area contributed by atoms with Gasteiger partial charge in [0.05, 0.1) is 36.1 Å². The summed E-state index contributed by atoms with van der Waals surface area (Å²) in [6.45, 7) is 7.38. The number of amides is 3. The van der Waals surface area contributed by atoms with Gasteiger partial charge in [0.1, 0.15) is 5.75 Å². The second-order valence-electron chi connectivity index (χ2n) is 11.2. The van der Waals surface area contributed by atoms with Gasteiger partial charge in [-0.1, -0.05) is 43.3 Å². The van der Waals surface area contributed by atoms with E-state index in [4.69, 9.17) is 9.47 Å². The van der Waals surface area contributed by atoms with E-state index in [9.17, 15) is 14.7 Å². The second kappa shape index (κ2) is 15.0. The first-order valence-electron chi connectivity index (χ1n) is 14.8. The molecule has 0 unspecified atom stereocenters. The van der Waals surface area contributed by atoms with Crippen molar-refractivity contribution < 1.29 is 24.2 Å². The van der Waals surface area contributed by atoms with Crippen molar-refractivity contribution in [2.24, 2.45) is 5.92 Å². The van der Waals surface area contributed by atoms with Gasteiger partial charge in [0.25, 0.3) is 5.91 Å². The summed E-state index contributed by atoms with van der Waals surface area (Å²) in [5, 5.41) is 21.0. The molecule has 0 radical (unpaired) electrons. The van der Waals surface area contributed by atoms with Crippen LogP contribution in [0.5, 0.6) is 5.75 Å². The van der Waals surface area contributed by atoms with Crippen LogP contribution in [0.25, 0.3) is 10.8 Å². The highest BCUT2D eigenvalue weighted by Crippen LogP contribution is 2.29. The third-order valence-corrected chi connectivity index (χ3v) is 7.75. The van der Waals surface area contributed by atoms with Crippen LogP contribution in [0.2, 0.25) is 0 Å². The molecule has 3 aromatic rings. The number of nitrogens with one attached hydrogen (secondary N) is 3. The second-order valence-corrected chi connectivity index (χ2v) is 11.2. The van der Waals surface area contributed by atoms with Crippen molar-refractivity contribution >= 4 is 34.1 Å². The number of benzene rings is 3. The standard InChI is InChI=1S/C33H44N4O5/c1-22-20-37(23(2)21-38)32(39)28-18-26(35-33(40)36-29-14-9-12-25-11-5-6-13-27(25)29)15-16-30(28)42-24(3)10-7-8-17-41-31(22)19-34-4/h5-6,9,11-16,18,22-24,31,34,38H,7-8,10,17,19-21H2,1-4H3,(H2,35,36,40)/t22-,23-,24-,31+/m0/s1. The Morgan fingerprint density at radius 2 is 1.86 bits per heavy atom.